The van der Waals surface area contributed by atoms with Gasteiger partial charge in [-0.25, -0.2) is 0 Å². The third-order valence-electron chi connectivity index (χ3n) is 2.07. The van der Waals surface area contributed by atoms with Crippen molar-refractivity contribution in [3.8, 4) is 0 Å². The van der Waals surface area contributed by atoms with Crippen LogP contribution >= 0.6 is 0 Å². The molecule has 0 spiro atoms. The van der Waals surface area contributed by atoms with Gasteiger partial charge in [0.05, 0.1) is 0 Å². The van der Waals surface area contributed by atoms with Crippen LogP contribution in [0.1, 0.15) is 22.3 Å². The molecule has 0 aliphatic heterocycles. The Labute approximate surface area is 99.0 Å². The fraction of sp³-hybridized carbons (Fsp3) is 0.400. The summed E-state index contributed by atoms with van der Waals surface area (Å²) in [7, 11) is 0. The summed E-state index contributed by atoms with van der Waals surface area (Å²) >= 11 is 0. The number of hydrogen-bond donors (Lipinski definition) is 0. The molecular weight excluding hydrogens is 160 g/mol. The normalized spacial score (nSPS) is 9.09. The zero-order valence-electron chi connectivity index (χ0n) is 7.51. The monoisotopic (exact) mass is 174 g/mol. The van der Waals surface area contributed by atoms with Gasteiger partial charge in [0.25, 0.3) is 0 Å². The quantitative estimate of drug-likeness (QED) is 0.567. The Hall–Kier alpha value is 0.480. The zero-order valence-corrected chi connectivity index (χ0v) is 8.22. The van der Waals surface area contributed by atoms with E-state index >= 15 is 0 Å². The molecular formula is C10H14Ar. The third-order valence-corrected chi connectivity index (χ3v) is 2.07. The van der Waals surface area contributed by atoms with Crippen LogP contribution < -0.4 is 0 Å². The van der Waals surface area contributed by atoms with Gasteiger partial charge in [0.1, 0.15) is 0 Å². The minimum absolute atomic E-state index is 0. The Balaban J connectivity index is 0.000001000. The number of aryl methyl sites for hydroxylation is 3. The maximum Gasteiger partial charge on any atom is 0 e. The third kappa shape index (κ3) is 2.77. The van der Waals surface area contributed by atoms with Crippen molar-refractivity contribution in [3.05, 3.63) is 34.4 Å². The Morgan fingerprint density at radius 2 is 1.18 bits per heavy atom. The smallest absolute Gasteiger partial charge is 0 e. The van der Waals surface area contributed by atoms with Gasteiger partial charge in [0, 0.05) is 37.7 Å². The molecule has 1 aromatic carbocycles. The minimum atomic E-state index is 0. The summed E-state index contributed by atoms with van der Waals surface area (Å²) in [6, 6.07) is 4.45. The van der Waals surface area contributed by atoms with Crippen LogP contribution in [0, 0.1) is 65.4 Å². The fourth-order valence-electron chi connectivity index (χ4n) is 1.25. The Kier molecular flexibility index (Phi) is 4.69. The molecule has 1 rings (SSSR count). The summed E-state index contributed by atoms with van der Waals surface area (Å²) in [5.74, 6) is 0. The number of rotatable bonds is 0. The molecule has 0 nitrogen and oxygen atoms in total. The van der Waals surface area contributed by atoms with Gasteiger partial charge in [-0.3, -0.25) is 0 Å². The molecule has 0 aliphatic rings. The average Bonchev–Trinajstić information content (AvgIpc) is 1.82. The van der Waals surface area contributed by atoms with Crippen molar-refractivity contribution in [1.29, 1.82) is 0 Å². The molecule has 1 aromatic rings. The van der Waals surface area contributed by atoms with Crippen molar-refractivity contribution >= 4 is 0 Å². The van der Waals surface area contributed by atoms with E-state index in [9.17, 15) is 0 Å². The molecule has 0 atom stereocenters. The molecule has 0 aromatic heterocycles. The van der Waals surface area contributed by atoms with Crippen LogP contribution in [-0.2, 0) is 0 Å². The minimum Gasteiger partial charge on any atom is -0.0561 e. The average molecular weight is 174 g/mol. The van der Waals surface area contributed by atoms with Gasteiger partial charge in [-0.1, -0.05) is 17.7 Å². The second kappa shape index (κ2) is 4.49. The Morgan fingerprint density at radius 3 is 1.55 bits per heavy atom. The standard InChI is InChI=1S/C10H14.Ar/c1-7-5-8(2)10(4)9(3)6-7;/h5-6H,1-4H3;. The maximum absolute atomic E-state index is 2.22. The van der Waals surface area contributed by atoms with E-state index in [0.717, 1.165) is 0 Å². The molecule has 0 aliphatic carbocycles. The van der Waals surface area contributed by atoms with Gasteiger partial charge in [-0.2, -0.15) is 0 Å². The van der Waals surface area contributed by atoms with E-state index in [0.29, 0.717) is 0 Å². The SMILES string of the molecule is Cc1cc(C)c(C)c(C)c1.[Ar]. The first-order valence-corrected chi connectivity index (χ1v) is 3.65. The van der Waals surface area contributed by atoms with Crippen molar-refractivity contribution in [3.63, 3.8) is 0 Å². The summed E-state index contributed by atoms with van der Waals surface area (Å²) in [5, 5.41) is 0. The predicted molar refractivity (Wildman–Crippen MR) is 45.4 cm³/mol. The van der Waals surface area contributed by atoms with Crippen LogP contribution in [0.5, 0.6) is 0 Å². The first kappa shape index (κ1) is 11.5. The molecule has 0 bridgehead atoms. The summed E-state index contributed by atoms with van der Waals surface area (Å²) in [5.41, 5.74) is 5.58. The topological polar surface area (TPSA) is 0 Å². The second-order valence-electron chi connectivity index (χ2n) is 3.02. The molecule has 0 heterocycles. The fourth-order valence-corrected chi connectivity index (χ4v) is 1.25. The summed E-state index contributed by atoms with van der Waals surface area (Å²) in [6.45, 7) is 8.63. The van der Waals surface area contributed by atoms with Crippen LogP contribution in [0.4, 0.5) is 0 Å². The molecule has 11 heavy (non-hydrogen) atoms. The van der Waals surface area contributed by atoms with E-state index in [2.05, 4.69) is 39.8 Å². The van der Waals surface area contributed by atoms with Crippen molar-refractivity contribution in [1.82, 2.24) is 0 Å². The second-order valence-corrected chi connectivity index (χ2v) is 3.02. The first-order chi connectivity index (χ1) is 4.61. The molecule has 0 N–H and O–H groups in total. The van der Waals surface area contributed by atoms with Crippen molar-refractivity contribution in [2.75, 3.05) is 0 Å². The van der Waals surface area contributed by atoms with Crippen LogP contribution in [0.2, 0.25) is 0 Å². The zero-order chi connectivity index (χ0) is 7.72. The Morgan fingerprint density at radius 1 is 0.818 bits per heavy atom. The van der Waals surface area contributed by atoms with Crippen molar-refractivity contribution < 1.29 is 37.7 Å². The molecule has 0 fully saturated rings. The van der Waals surface area contributed by atoms with Gasteiger partial charge < -0.3 is 0 Å². The molecule has 0 saturated heterocycles. The van der Waals surface area contributed by atoms with E-state index in [1.54, 1.807) is 0 Å². The van der Waals surface area contributed by atoms with E-state index in [1.807, 2.05) is 0 Å². The summed E-state index contributed by atoms with van der Waals surface area (Å²) < 4.78 is 0. The van der Waals surface area contributed by atoms with Gasteiger partial charge in [-0.05, 0) is 44.4 Å². The number of hydrogen-bond acceptors (Lipinski definition) is 0. The van der Waals surface area contributed by atoms with Crippen LogP contribution in [0.3, 0.4) is 0 Å². The predicted octanol–water partition coefficient (Wildman–Crippen LogP) is 2.92. The van der Waals surface area contributed by atoms with E-state index in [1.165, 1.54) is 22.3 Å². The summed E-state index contributed by atoms with van der Waals surface area (Å²) in [4.78, 5) is 0. The van der Waals surface area contributed by atoms with E-state index < -0.39 is 0 Å². The van der Waals surface area contributed by atoms with E-state index in [4.69, 9.17) is 0 Å². The van der Waals surface area contributed by atoms with Crippen LogP contribution in [-0.4, -0.2) is 0 Å². The van der Waals surface area contributed by atoms with Gasteiger partial charge in [0.2, 0.25) is 0 Å². The van der Waals surface area contributed by atoms with Gasteiger partial charge >= 0.3 is 0 Å². The van der Waals surface area contributed by atoms with Gasteiger partial charge in [0.15, 0.2) is 0 Å². The van der Waals surface area contributed by atoms with Crippen LogP contribution in [0.15, 0.2) is 12.1 Å². The summed E-state index contributed by atoms with van der Waals surface area (Å²) in [6.07, 6.45) is 0. The number of benzene rings is 1. The van der Waals surface area contributed by atoms with Crippen molar-refractivity contribution in [2.45, 2.75) is 27.7 Å². The maximum atomic E-state index is 2.22. The van der Waals surface area contributed by atoms with Gasteiger partial charge in [-0.15, -0.1) is 0 Å². The molecule has 0 unspecified atom stereocenters. The molecule has 1 heteroatoms. The largest absolute Gasteiger partial charge is 0.0561 e. The molecule has 0 saturated carbocycles. The molecule has 62 valence electrons. The molecule has 0 radical (unpaired) electrons. The first-order valence-electron chi connectivity index (χ1n) is 3.65. The van der Waals surface area contributed by atoms with Crippen LogP contribution in [0.25, 0.3) is 0 Å². The van der Waals surface area contributed by atoms with Crippen molar-refractivity contribution in [2.24, 2.45) is 0 Å². The Bertz CT molecular complexity index is 228. The molecule has 0 amide bonds. The van der Waals surface area contributed by atoms with E-state index in [-0.39, 0.29) is 37.7 Å².